The Kier molecular flexibility index (Phi) is 6.56. The lowest BCUT2D eigenvalue weighted by molar-refractivity contribution is -0.00610. The highest BCUT2D eigenvalue weighted by molar-refractivity contribution is 5.63. The number of nitrogens with two attached hydrogens (primary N) is 3. The zero-order valence-electron chi connectivity index (χ0n) is 23.4. The van der Waals surface area contributed by atoms with Gasteiger partial charge in [0.05, 0.1) is 17.1 Å². The van der Waals surface area contributed by atoms with Crippen molar-refractivity contribution in [2.24, 2.45) is 17.8 Å². The fourth-order valence-corrected chi connectivity index (χ4v) is 7.76. The van der Waals surface area contributed by atoms with Crippen molar-refractivity contribution >= 4 is 17.1 Å². The van der Waals surface area contributed by atoms with Gasteiger partial charge in [-0.25, -0.2) is 13.2 Å². The van der Waals surface area contributed by atoms with Crippen molar-refractivity contribution in [2.75, 3.05) is 17.2 Å². The Bertz CT molecular complexity index is 1690. The Morgan fingerprint density at radius 2 is 0.953 bits per heavy atom. The van der Waals surface area contributed by atoms with E-state index < -0.39 is 17.5 Å². The first-order valence-electron chi connectivity index (χ1n) is 14.5. The van der Waals surface area contributed by atoms with Gasteiger partial charge < -0.3 is 31.4 Å². The molecule has 4 aliphatic carbocycles. The zero-order chi connectivity index (χ0) is 29.9. The first-order chi connectivity index (χ1) is 20.7. The molecule has 4 bridgehead atoms. The van der Waals surface area contributed by atoms with Crippen molar-refractivity contribution < 1.29 is 27.4 Å². The van der Waals surface area contributed by atoms with Gasteiger partial charge in [-0.3, -0.25) is 0 Å². The third-order valence-electron chi connectivity index (χ3n) is 9.27. The van der Waals surface area contributed by atoms with Crippen LogP contribution in [0.25, 0.3) is 0 Å². The van der Waals surface area contributed by atoms with E-state index in [-0.39, 0.29) is 51.2 Å². The molecule has 0 aromatic heterocycles. The second-order valence-corrected chi connectivity index (χ2v) is 12.3. The molecule has 0 amide bonds. The second kappa shape index (κ2) is 10.3. The number of ether oxygens (including phenoxy) is 3. The van der Waals surface area contributed by atoms with Crippen molar-refractivity contribution in [2.45, 2.75) is 43.9 Å². The van der Waals surface area contributed by atoms with Gasteiger partial charge >= 0.3 is 0 Å². The lowest BCUT2D eigenvalue weighted by Gasteiger charge is -2.57. The molecule has 9 heteroatoms. The summed E-state index contributed by atoms with van der Waals surface area (Å²) >= 11 is 0. The number of hydrogen-bond donors (Lipinski definition) is 3. The summed E-state index contributed by atoms with van der Waals surface area (Å²) in [4.78, 5) is 0. The van der Waals surface area contributed by atoms with Crippen LogP contribution in [-0.2, 0) is 5.41 Å². The van der Waals surface area contributed by atoms with Crippen molar-refractivity contribution in [1.82, 2.24) is 0 Å². The summed E-state index contributed by atoms with van der Waals surface area (Å²) in [5, 5.41) is 0. The first kappa shape index (κ1) is 27.3. The van der Waals surface area contributed by atoms with E-state index >= 15 is 0 Å². The van der Waals surface area contributed by atoms with Crippen LogP contribution >= 0.6 is 0 Å². The lowest BCUT2D eigenvalue weighted by Crippen LogP contribution is -2.48. The van der Waals surface area contributed by atoms with Crippen LogP contribution in [-0.4, -0.2) is 0 Å². The summed E-state index contributed by atoms with van der Waals surface area (Å²) in [6, 6.07) is 16.2. The van der Waals surface area contributed by atoms with Gasteiger partial charge in [-0.15, -0.1) is 0 Å². The van der Waals surface area contributed by atoms with Gasteiger partial charge in [0.2, 0.25) is 5.75 Å². The third kappa shape index (κ3) is 5.07. The quantitative estimate of drug-likeness (QED) is 0.187. The largest absolute Gasteiger partial charge is 0.453 e. The maximum atomic E-state index is 14.6. The number of hydrogen-bond acceptors (Lipinski definition) is 6. The Labute approximate surface area is 247 Å². The van der Waals surface area contributed by atoms with E-state index in [1.165, 1.54) is 67.8 Å². The van der Waals surface area contributed by atoms with Gasteiger partial charge in [0.25, 0.3) is 0 Å². The molecule has 0 unspecified atom stereocenters. The molecule has 0 spiro atoms. The van der Waals surface area contributed by atoms with Crippen LogP contribution < -0.4 is 31.4 Å². The van der Waals surface area contributed by atoms with Gasteiger partial charge in [0, 0.05) is 23.8 Å². The minimum Gasteiger partial charge on any atom is -0.453 e. The van der Waals surface area contributed by atoms with E-state index in [1.54, 1.807) is 12.1 Å². The molecular formula is C34H32F3N3O3. The summed E-state index contributed by atoms with van der Waals surface area (Å²) in [6.07, 6.45) is 6.71. The van der Waals surface area contributed by atoms with Crippen molar-refractivity contribution in [1.29, 1.82) is 0 Å². The number of anilines is 3. The number of halogens is 3. The molecule has 4 aromatic carbocycles. The fourth-order valence-electron chi connectivity index (χ4n) is 7.76. The van der Waals surface area contributed by atoms with Gasteiger partial charge in [-0.1, -0.05) is 6.07 Å². The minimum atomic E-state index is -0.652. The fraction of sp³-hybridized carbons (Fsp3) is 0.294. The molecule has 0 radical (unpaired) electrons. The van der Waals surface area contributed by atoms with Gasteiger partial charge in [-0.05, 0) is 104 Å². The van der Waals surface area contributed by atoms with Crippen LogP contribution in [0.2, 0.25) is 0 Å². The molecule has 222 valence electrons. The molecule has 4 aromatic rings. The molecule has 6 nitrogen and oxygen atoms in total. The van der Waals surface area contributed by atoms with Crippen molar-refractivity contribution in [3.05, 3.63) is 89.7 Å². The highest BCUT2D eigenvalue weighted by Crippen LogP contribution is 2.63. The van der Waals surface area contributed by atoms with Crippen LogP contribution in [0.15, 0.2) is 66.7 Å². The number of nitrogen functional groups attached to an aromatic ring is 3. The predicted octanol–water partition coefficient (Wildman–Crippen LogP) is 8.70. The normalized spacial score (nSPS) is 23.7. The van der Waals surface area contributed by atoms with E-state index in [2.05, 4.69) is 0 Å². The minimum absolute atomic E-state index is 0.00931. The average Bonchev–Trinajstić information content (AvgIpc) is 2.95. The van der Waals surface area contributed by atoms with Crippen LogP contribution in [0.5, 0.6) is 34.5 Å². The van der Waals surface area contributed by atoms with E-state index in [4.69, 9.17) is 31.4 Å². The molecule has 4 fully saturated rings. The summed E-state index contributed by atoms with van der Waals surface area (Å²) in [6.45, 7) is 0. The molecule has 4 aliphatic rings. The van der Waals surface area contributed by atoms with E-state index in [1.807, 2.05) is 6.07 Å². The van der Waals surface area contributed by atoms with Crippen molar-refractivity contribution in [3.63, 3.8) is 0 Å². The second-order valence-electron chi connectivity index (χ2n) is 12.3. The SMILES string of the molecule is Nc1ccc(Oc2ccc(C34CC5CC(CC(C5)C3)C4)c(Oc3ccc(N)c(F)c3)c2Oc2ccc(N)c(F)c2)cc1F. The third-order valence-corrected chi connectivity index (χ3v) is 9.27. The average molecular weight is 588 g/mol. The van der Waals surface area contributed by atoms with Crippen LogP contribution in [0.4, 0.5) is 30.2 Å². The molecule has 4 saturated carbocycles. The zero-order valence-corrected chi connectivity index (χ0v) is 23.4. The van der Waals surface area contributed by atoms with E-state index in [0.717, 1.165) is 24.8 Å². The molecular weight excluding hydrogens is 555 g/mol. The molecule has 8 rings (SSSR count). The monoisotopic (exact) mass is 587 g/mol. The summed E-state index contributed by atoms with van der Waals surface area (Å²) < 4.78 is 62.5. The van der Waals surface area contributed by atoms with Crippen LogP contribution in [0, 0.1) is 35.2 Å². The summed E-state index contributed by atoms with van der Waals surface area (Å²) in [5.41, 5.74) is 17.8. The summed E-state index contributed by atoms with van der Waals surface area (Å²) in [7, 11) is 0. The van der Waals surface area contributed by atoms with Crippen molar-refractivity contribution in [3.8, 4) is 34.5 Å². The first-order valence-corrected chi connectivity index (χ1v) is 14.5. The smallest absolute Gasteiger partial charge is 0.212 e. The predicted molar refractivity (Wildman–Crippen MR) is 159 cm³/mol. The Morgan fingerprint density at radius 3 is 1.40 bits per heavy atom. The van der Waals surface area contributed by atoms with Crippen LogP contribution in [0.1, 0.15) is 44.1 Å². The molecule has 0 atom stereocenters. The van der Waals surface area contributed by atoms with Gasteiger partial charge in [0.1, 0.15) is 34.7 Å². The summed E-state index contributed by atoms with van der Waals surface area (Å²) in [5.74, 6) is 1.16. The topological polar surface area (TPSA) is 106 Å². The number of rotatable bonds is 7. The van der Waals surface area contributed by atoms with Crippen LogP contribution in [0.3, 0.4) is 0 Å². The molecule has 6 N–H and O–H groups in total. The Hall–Kier alpha value is -4.53. The van der Waals surface area contributed by atoms with Gasteiger partial charge in [-0.2, -0.15) is 0 Å². The van der Waals surface area contributed by atoms with E-state index in [0.29, 0.717) is 23.5 Å². The highest BCUT2D eigenvalue weighted by atomic mass is 19.1. The maximum absolute atomic E-state index is 14.6. The molecule has 43 heavy (non-hydrogen) atoms. The Morgan fingerprint density at radius 1 is 0.535 bits per heavy atom. The maximum Gasteiger partial charge on any atom is 0.212 e. The highest BCUT2D eigenvalue weighted by Gasteiger charge is 2.53. The van der Waals surface area contributed by atoms with E-state index in [9.17, 15) is 13.2 Å². The Balaban J connectivity index is 1.41. The van der Waals surface area contributed by atoms with Gasteiger partial charge in [0.15, 0.2) is 11.5 Å². The lowest BCUT2D eigenvalue weighted by atomic mass is 9.48. The molecule has 0 heterocycles. The molecule has 0 aliphatic heterocycles. The molecule has 0 saturated heterocycles. The standard InChI is InChI=1S/C34H32F3N3O3/c35-25-12-21(1-5-28(25)38)41-31-8-4-24(34-15-18-9-19(16-34)11-20(10-18)17-34)32(42-22-2-6-29(39)26(36)13-22)33(31)43-23-3-7-30(40)27(37)14-23/h1-8,12-14,18-20H,9-11,15-17,38-40H2. The number of benzene rings is 4.